The molecule has 0 aliphatic carbocycles. The highest BCUT2D eigenvalue weighted by atomic mass is 16.6. The summed E-state index contributed by atoms with van der Waals surface area (Å²) in [5.41, 5.74) is 1.11. The zero-order valence-corrected chi connectivity index (χ0v) is 19.8. The van der Waals surface area contributed by atoms with Gasteiger partial charge in [0.25, 0.3) is 11.6 Å². The van der Waals surface area contributed by atoms with Gasteiger partial charge in [0.2, 0.25) is 5.76 Å². The van der Waals surface area contributed by atoms with Crippen molar-refractivity contribution >= 4 is 29.7 Å². The lowest BCUT2D eigenvalue weighted by Gasteiger charge is -2.11. The number of esters is 1. The second-order valence-corrected chi connectivity index (χ2v) is 7.76. The number of furan rings is 1. The van der Waals surface area contributed by atoms with Crippen LogP contribution in [0.5, 0.6) is 11.5 Å². The highest BCUT2D eigenvalue weighted by Crippen LogP contribution is 2.30. The smallest absolute Gasteiger partial charge is 0.373 e. The Morgan fingerprint density at radius 1 is 1.08 bits per heavy atom. The molecular formula is C25H21N3O9. The summed E-state index contributed by atoms with van der Waals surface area (Å²) < 4.78 is 21.1. The normalized spacial score (nSPS) is 14.0. The molecule has 12 nitrogen and oxygen atoms in total. The Hall–Kier alpha value is -5.13. The number of carbonyl (C=O) groups is 3. The summed E-state index contributed by atoms with van der Waals surface area (Å²) >= 11 is 0. The minimum atomic E-state index is -0.605. The molecule has 190 valence electrons. The average molecular weight is 507 g/mol. The number of rotatable bonds is 9. The van der Waals surface area contributed by atoms with Crippen LogP contribution in [-0.2, 0) is 22.7 Å². The topological polar surface area (TPSA) is 150 Å². The minimum absolute atomic E-state index is 0.0277. The van der Waals surface area contributed by atoms with E-state index in [4.69, 9.17) is 13.9 Å². The molecular weight excluding hydrogens is 486 g/mol. The van der Waals surface area contributed by atoms with Crippen molar-refractivity contribution in [3.63, 3.8) is 0 Å². The van der Waals surface area contributed by atoms with E-state index in [9.17, 15) is 24.5 Å². The molecule has 4 rings (SSSR count). The Labute approximate surface area is 210 Å². The van der Waals surface area contributed by atoms with E-state index in [-0.39, 0.29) is 30.3 Å². The molecule has 1 aromatic heterocycles. The third-order valence-corrected chi connectivity index (χ3v) is 5.37. The van der Waals surface area contributed by atoms with Crippen LogP contribution in [0.15, 0.2) is 64.7 Å². The highest BCUT2D eigenvalue weighted by molar-refractivity contribution is 6.13. The predicted octanol–water partition coefficient (Wildman–Crippen LogP) is 3.65. The molecule has 0 saturated carbocycles. The van der Waals surface area contributed by atoms with E-state index < -0.39 is 22.8 Å². The number of nitrogens with zero attached hydrogens (tertiary/aromatic N) is 2. The van der Waals surface area contributed by atoms with E-state index >= 15 is 0 Å². The summed E-state index contributed by atoms with van der Waals surface area (Å²) in [5.74, 6) is 0.0841. The Morgan fingerprint density at radius 2 is 1.84 bits per heavy atom. The van der Waals surface area contributed by atoms with E-state index in [2.05, 4.69) is 10.1 Å². The van der Waals surface area contributed by atoms with E-state index in [0.29, 0.717) is 28.4 Å². The van der Waals surface area contributed by atoms with Crippen molar-refractivity contribution in [3.8, 4) is 11.5 Å². The first kappa shape index (κ1) is 25.0. The molecule has 0 atom stereocenters. The van der Waals surface area contributed by atoms with Crippen LogP contribution in [0, 0.1) is 10.1 Å². The molecule has 1 fully saturated rings. The summed E-state index contributed by atoms with van der Waals surface area (Å²) in [6.45, 7) is -0.0134. The van der Waals surface area contributed by atoms with E-state index in [1.807, 2.05) is 0 Å². The van der Waals surface area contributed by atoms with Crippen molar-refractivity contribution in [1.82, 2.24) is 10.2 Å². The van der Waals surface area contributed by atoms with Gasteiger partial charge >= 0.3 is 12.0 Å². The maximum Gasteiger partial charge on any atom is 0.373 e. The number of non-ortho nitro benzene ring substituents is 1. The lowest BCUT2D eigenvalue weighted by Crippen LogP contribution is -2.30. The Kier molecular flexibility index (Phi) is 7.19. The quantitative estimate of drug-likeness (QED) is 0.150. The Balaban J connectivity index is 1.44. The van der Waals surface area contributed by atoms with Crippen LogP contribution in [0.3, 0.4) is 0 Å². The molecule has 1 saturated heterocycles. The molecule has 2 heterocycles. The number of nitro benzene ring substituents is 1. The molecule has 12 heteroatoms. The van der Waals surface area contributed by atoms with Crippen molar-refractivity contribution in [1.29, 1.82) is 0 Å². The number of nitro groups is 1. The molecule has 1 N–H and O–H groups in total. The van der Waals surface area contributed by atoms with Crippen molar-refractivity contribution < 1.29 is 37.9 Å². The molecule has 37 heavy (non-hydrogen) atoms. The maximum atomic E-state index is 12.8. The van der Waals surface area contributed by atoms with Gasteiger partial charge in [-0.15, -0.1) is 0 Å². The Bertz CT molecular complexity index is 1390. The molecule has 1 aliphatic rings. The summed E-state index contributed by atoms with van der Waals surface area (Å²) in [6, 6.07) is 13.0. The van der Waals surface area contributed by atoms with Gasteiger partial charge in [0.15, 0.2) is 11.5 Å². The van der Waals surface area contributed by atoms with Gasteiger partial charge in [0, 0.05) is 12.1 Å². The fourth-order valence-corrected chi connectivity index (χ4v) is 3.50. The molecule has 1 aliphatic heterocycles. The van der Waals surface area contributed by atoms with Crippen molar-refractivity contribution in [2.75, 3.05) is 14.2 Å². The SMILES string of the molecule is COC(=O)c1ccc(COc2ccc(C=C3NC(=O)N(Cc4ccc([N+](=O)[O-])cc4)C3=O)cc2OC)o1. The maximum absolute atomic E-state index is 12.8. The fraction of sp³-hybridized carbons (Fsp3) is 0.160. The number of ether oxygens (including phenoxy) is 3. The number of carbonyl (C=O) groups excluding carboxylic acids is 3. The first-order chi connectivity index (χ1) is 17.8. The molecule has 2 aromatic carbocycles. The predicted molar refractivity (Wildman–Crippen MR) is 128 cm³/mol. The van der Waals surface area contributed by atoms with Crippen LogP contribution in [0.4, 0.5) is 10.5 Å². The van der Waals surface area contributed by atoms with Crippen LogP contribution >= 0.6 is 0 Å². The third kappa shape index (κ3) is 5.59. The van der Waals surface area contributed by atoms with E-state index in [1.54, 1.807) is 24.3 Å². The van der Waals surface area contributed by atoms with Crippen molar-refractivity contribution in [3.05, 3.63) is 93.1 Å². The molecule has 0 bridgehead atoms. The number of nitrogens with one attached hydrogen (secondary N) is 1. The van der Waals surface area contributed by atoms with Crippen molar-refractivity contribution in [2.45, 2.75) is 13.2 Å². The zero-order chi connectivity index (χ0) is 26.5. The number of amides is 3. The number of imide groups is 1. The van der Waals surface area contributed by atoms with Crippen LogP contribution in [0.25, 0.3) is 6.08 Å². The molecule has 0 unspecified atom stereocenters. The van der Waals surface area contributed by atoms with Crippen LogP contribution in [0.1, 0.15) is 27.4 Å². The molecule has 0 spiro atoms. The van der Waals surface area contributed by atoms with Gasteiger partial charge in [0.05, 0.1) is 25.7 Å². The number of hydrogen-bond acceptors (Lipinski definition) is 9. The molecule has 3 aromatic rings. The van der Waals surface area contributed by atoms with Crippen molar-refractivity contribution in [2.24, 2.45) is 0 Å². The first-order valence-electron chi connectivity index (χ1n) is 10.8. The first-order valence-corrected chi connectivity index (χ1v) is 10.8. The van der Waals surface area contributed by atoms with Gasteiger partial charge in [-0.3, -0.25) is 19.8 Å². The lowest BCUT2D eigenvalue weighted by atomic mass is 10.1. The number of methoxy groups -OCH3 is 2. The second-order valence-electron chi connectivity index (χ2n) is 7.76. The highest BCUT2D eigenvalue weighted by Gasteiger charge is 2.33. The van der Waals surface area contributed by atoms with Crippen LogP contribution < -0.4 is 14.8 Å². The zero-order valence-electron chi connectivity index (χ0n) is 19.8. The molecule has 3 amide bonds. The second kappa shape index (κ2) is 10.6. The number of urea groups is 1. The fourth-order valence-electron chi connectivity index (χ4n) is 3.50. The minimum Gasteiger partial charge on any atom is -0.493 e. The summed E-state index contributed by atoms with van der Waals surface area (Å²) in [5, 5.41) is 13.3. The Morgan fingerprint density at radius 3 is 2.51 bits per heavy atom. The average Bonchev–Trinajstić information content (AvgIpc) is 3.48. The van der Waals surface area contributed by atoms with Gasteiger partial charge < -0.3 is 23.9 Å². The van der Waals surface area contributed by atoms with Crippen LogP contribution in [-0.4, -0.2) is 42.0 Å². The monoisotopic (exact) mass is 507 g/mol. The largest absolute Gasteiger partial charge is 0.493 e. The summed E-state index contributed by atoms with van der Waals surface area (Å²) in [7, 11) is 2.71. The van der Waals surface area contributed by atoms with Gasteiger partial charge in [-0.2, -0.15) is 0 Å². The third-order valence-electron chi connectivity index (χ3n) is 5.37. The van der Waals surface area contributed by atoms with E-state index in [1.165, 1.54) is 50.6 Å². The number of benzene rings is 2. The van der Waals surface area contributed by atoms with Gasteiger partial charge in [-0.05, 0) is 41.5 Å². The summed E-state index contributed by atoms with van der Waals surface area (Å²) in [4.78, 5) is 48.0. The molecule has 0 radical (unpaired) electrons. The lowest BCUT2D eigenvalue weighted by molar-refractivity contribution is -0.384. The van der Waals surface area contributed by atoms with Gasteiger partial charge in [-0.1, -0.05) is 18.2 Å². The van der Waals surface area contributed by atoms with Gasteiger partial charge in [-0.25, -0.2) is 9.59 Å². The van der Waals surface area contributed by atoms with Crippen LogP contribution in [0.2, 0.25) is 0 Å². The van der Waals surface area contributed by atoms with E-state index in [0.717, 1.165) is 4.90 Å². The standard InChI is InChI=1S/C25H21N3O9/c1-34-22-12-16(5-9-20(22)36-14-18-8-10-21(37-18)24(30)35-2)11-19-23(29)27(25(31)26-19)13-15-3-6-17(7-4-15)28(32)33/h3-12H,13-14H2,1-2H3,(H,26,31). The summed E-state index contributed by atoms with van der Waals surface area (Å²) in [6.07, 6.45) is 1.50. The number of hydrogen-bond donors (Lipinski definition) is 1. The van der Waals surface area contributed by atoms with Gasteiger partial charge in [0.1, 0.15) is 18.1 Å².